The Labute approximate surface area is 293 Å². The standard InChI is InChI=1S/C21H23.C20H21.C2H7Si.2ClH.Zr/c1-14-12-19-15(2)6-11-18(20(19)13-14)16-7-9-17(10-8-16)21(3,4)5;1-13(2)17-11-16-8-6-10-19(20(16)12-17)18-9-5-7-14(3)15(18)4;1-3-2;;;/h6-13H,1-5H3;5-13H,1-4H3;3H,1-2H3;2*1H;/q;;;;;+2/p-2. The first kappa shape index (κ1) is 34.9. The molecule has 0 nitrogen and oxygen atoms in total. The maximum absolute atomic E-state index is 8.68. The van der Waals surface area contributed by atoms with Crippen LogP contribution < -0.4 is 0 Å². The molecule has 0 aliphatic heterocycles. The van der Waals surface area contributed by atoms with Crippen LogP contribution >= 0.6 is 17.0 Å². The molecule has 0 bridgehead atoms. The van der Waals surface area contributed by atoms with Crippen LogP contribution in [0.4, 0.5) is 0 Å². The van der Waals surface area contributed by atoms with Crippen molar-refractivity contribution in [2.75, 3.05) is 0 Å². The number of aryl methyl sites for hydroxylation is 2. The molecule has 2 aliphatic carbocycles. The summed E-state index contributed by atoms with van der Waals surface area (Å²) in [5.41, 5.74) is 18.8. The van der Waals surface area contributed by atoms with Crippen molar-refractivity contribution < 1.29 is 15.6 Å². The van der Waals surface area contributed by atoms with E-state index < -0.39 is 21.5 Å². The van der Waals surface area contributed by atoms with Gasteiger partial charge in [0, 0.05) is 0 Å². The van der Waals surface area contributed by atoms with Gasteiger partial charge in [-0.15, -0.1) is 0 Å². The summed E-state index contributed by atoms with van der Waals surface area (Å²) in [5, 5.41) is 0. The first-order valence-electron chi connectivity index (χ1n) is 17.4. The number of hydrogen-bond donors (Lipinski definition) is 0. The van der Waals surface area contributed by atoms with E-state index in [1.807, 2.05) is 0 Å². The fourth-order valence-electron chi connectivity index (χ4n) is 8.59. The zero-order chi connectivity index (χ0) is 34.2. The summed E-state index contributed by atoms with van der Waals surface area (Å²) in [7, 11) is 17.4. The van der Waals surface area contributed by atoms with Crippen molar-refractivity contribution in [3.05, 3.63) is 128 Å². The van der Waals surface area contributed by atoms with Crippen LogP contribution in [0.2, 0.25) is 13.1 Å². The second-order valence-corrected chi connectivity index (χ2v) is 58.6. The van der Waals surface area contributed by atoms with Crippen molar-refractivity contribution in [1.82, 2.24) is 0 Å². The van der Waals surface area contributed by atoms with Crippen molar-refractivity contribution in [2.24, 2.45) is 5.92 Å². The normalized spacial score (nSPS) is 18.6. The molecule has 4 heteroatoms. The van der Waals surface area contributed by atoms with E-state index >= 15 is 0 Å². The van der Waals surface area contributed by atoms with E-state index in [4.69, 9.17) is 17.0 Å². The van der Waals surface area contributed by atoms with Crippen molar-refractivity contribution >= 4 is 35.1 Å². The molecule has 0 amide bonds. The van der Waals surface area contributed by atoms with Crippen molar-refractivity contribution in [3.8, 4) is 22.3 Å². The second-order valence-electron chi connectivity index (χ2n) is 16.1. The third-order valence-electron chi connectivity index (χ3n) is 11.5. The molecule has 0 saturated heterocycles. The van der Waals surface area contributed by atoms with Crippen LogP contribution in [0.15, 0.2) is 83.9 Å². The molecule has 245 valence electrons. The number of halogens is 2. The Bertz CT molecular complexity index is 1950. The van der Waals surface area contributed by atoms with E-state index in [-0.39, 0.29) is 12.7 Å². The van der Waals surface area contributed by atoms with Crippen LogP contribution in [0, 0.1) is 26.7 Å². The molecule has 0 fully saturated rings. The van der Waals surface area contributed by atoms with E-state index in [0.717, 1.165) is 0 Å². The van der Waals surface area contributed by atoms with Crippen molar-refractivity contribution in [1.29, 1.82) is 0 Å². The molecule has 4 aromatic rings. The van der Waals surface area contributed by atoms with Crippen LogP contribution in [0.25, 0.3) is 34.4 Å². The summed E-state index contributed by atoms with van der Waals surface area (Å²) in [4.78, 5) is 0. The number of hydrogen-bond acceptors (Lipinski definition) is 0. The SMILES string of the molecule is CC1=Cc2c(-c3ccc(C(C)(C)C)cc3)ccc(C)c2[CH]1[Zr]([Cl])([Cl])([CH]1C(C(C)C)=Cc2c(-c3cccc(C)c3C)cccc21)[SiH](C)C. The topological polar surface area (TPSA) is 0 Å². The molecule has 0 spiro atoms. The predicted octanol–water partition coefficient (Wildman–Crippen LogP) is 13.5. The van der Waals surface area contributed by atoms with Gasteiger partial charge >= 0.3 is 295 Å². The third kappa shape index (κ3) is 5.49. The number of fused-ring (bicyclic) bond motifs is 2. The van der Waals surface area contributed by atoms with Gasteiger partial charge in [0.15, 0.2) is 0 Å². The van der Waals surface area contributed by atoms with Gasteiger partial charge in [-0.05, 0) is 0 Å². The van der Waals surface area contributed by atoms with Gasteiger partial charge in [-0.25, -0.2) is 0 Å². The summed E-state index contributed by atoms with van der Waals surface area (Å²) >= 11 is -4.85. The molecule has 2 atom stereocenters. The minimum absolute atomic E-state index is 0.0812. The van der Waals surface area contributed by atoms with Gasteiger partial charge in [0.25, 0.3) is 0 Å². The quantitative estimate of drug-likeness (QED) is 0.172. The zero-order valence-corrected chi connectivity index (χ0v) is 35.3. The van der Waals surface area contributed by atoms with Gasteiger partial charge in [0.2, 0.25) is 0 Å². The van der Waals surface area contributed by atoms with Crippen LogP contribution in [0.5, 0.6) is 0 Å². The molecular weight excluding hydrogens is 707 g/mol. The second kappa shape index (κ2) is 12.1. The Hall–Kier alpha value is -1.96. The molecule has 0 N–H and O–H groups in total. The minimum atomic E-state index is -4.85. The van der Waals surface area contributed by atoms with Crippen molar-refractivity contribution in [3.63, 3.8) is 0 Å². The molecule has 4 aromatic carbocycles. The summed E-state index contributed by atoms with van der Waals surface area (Å²) < 4.78 is 0.164. The zero-order valence-electron chi connectivity index (χ0n) is 30.1. The molecule has 47 heavy (non-hydrogen) atoms. The molecule has 0 aromatic heterocycles. The predicted molar refractivity (Wildman–Crippen MR) is 209 cm³/mol. The van der Waals surface area contributed by atoms with E-state index in [2.05, 4.69) is 160 Å². The molecular formula is C43H51Cl2SiZr. The number of rotatable bonds is 6. The van der Waals surface area contributed by atoms with Crippen LogP contribution in [0.3, 0.4) is 0 Å². The Morgan fingerprint density at radius 1 is 0.681 bits per heavy atom. The molecule has 6 rings (SSSR count). The van der Waals surface area contributed by atoms with Gasteiger partial charge in [0.1, 0.15) is 0 Å². The Morgan fingerprint density at radius 3 is 1.94 bits per heavy atom. The summed E-state index contributed by atoms with van der Waals surface area (Å²) in [5.74, 6) is -1.30. The monoisotopic (exact) mass is 755 g/mol. The van der Waals surface area contributed by atoms with Gasteiger partial charge in [0.05, 0.1) is 0 Å². The van der Waals surface area contributed by atoms with E-state index in [9.17, 15) is 0 Å². The van der Waals surface area contributed by atoms with Gasteiger partial charge in [-0.2, -0.15) is 0 Å². The van der Waals surface area contributed by atoms with Gasteiger partial charge < -0.3 is 0 Å². The van der Waals surface area contributed by atoms with E-state index in [1.165, 1.54) is 77.9 Å². The van der Waals surface area contributed by atoms with Crippen molar-refractivity contribution in [2.45, 2.75) is 88.1 Å². The fourth-order valence-corrected chi connectivity index (χ4v) is 40.8. The third-order valence-corrected chi connectivity index (χ3v) is 63.5. The Morgan fingerprint density at radius 2 is 1.32 bits per heavy atom. The van der Waals surface area contributed by atoms with E-state index in [0.29, 0.717) is 5.92 Å². The van der Waals surface area contributed by atoms with Crippen LogP contribution in [-0.4, -0.2) is 5.92 Å². The average molecular weight is 758 g/mol. The molecule has 2 aliphatic rings. The van der Waals surface area contributed by atoms with Gasteiger partial charge in [-0.3, -0.25) is 0 Å². The summed E-state index contributed by atoms with van der Waals surface area (Å²) in [6.07, 6.45) is 4.93. The number of allylic oxidation sites excluding steroid dienone is 2. The molecule has 0 radical (unpaired) electrons. The average Bonchev–Trinajstić information content (AvgIpc) is 3.59. The Balaban J connectivity index is 1.58. The number of benzene rings is 4. The fraction of sp³-hybridized carbons (Fsp3) is 0.349. The Kier molecular flexibility index (Phi) is 9.00. The van der Waals surface area contributed by atoms with Crippen LogP contribution in [-0.2, 0) is 21.0 Å². The maximum atomic E-state index is 8.68. The first-order chi connectivity index (χ1) is 22.0. The summed E-state index contributed by atoms with van der Waals surface area (Å²) in [6.45, 7) is 25.4. The molecule has 0 saturated carbocycles. The molecule has 0 heterocycles. The molecule has 2 unspecified atom stereocenters. The van der Waals surface area contributed by atoms with E-state index in [1.54, 1.807) is 0 Å². The summed E-state index contributed by atoms with van der Waals surface area (Å²) in [6, 6.07) is 27.4. The van der Waals surface area contributed by atoms with Gasteiger partial charge in [-0.1, -0.05) is 0 Å². The first-order valence-corrected chi connectivity index (χ1v) is 33.7. The van der Waals surface area contributed by atoms with Crippen LogP contribution in [0.1, 0.15) is 93.3 Å².